The predicted molar refractivity (Wildman–Crippen MR) is 68.6 cm³/mol. The minimum Gasteiger partial charge on any atom is -0.299 e. The maximum Gasteiger partial charge on any atom is 0.0223 e. The van der Waals surface area contributed by atoms with Crippen LogP contribution in [0.15, 0.2) is 12.2 Å². The SMILES string of the molecule is C=C(CS)CN1CCCN2CCCC2C1. The lowest BCUT2D eigenvalue weighted by Crippen LogP contribution is -2.37. The van der Waals surface area contributed by atoms with E-state index in [0.29, 0.717) is 0 Å². The van der Waals surface area contributed by atoms with Crippen LogP contribution in [0.25, 0.3) is 0 Å². The van der Waals surface area contributed by atoms with Gasteiger partial charge in [-0.2, -0.15) is 12.6 Å². The molecular formula is C12H22N2S. The van der Waals surface area contributed by atoms with Gasteiger partial charge < -0.3 is 0 Å². The topological polar surface area (TPSA) is 6.48 Å². The van der Waals surface area contributed by atoms with Crippen LogP contribution in [0.2, 0.25) is 0 Å². The van der Waals surface area contributed by atoms with E-state index in [1.54, 1.807) is 0 Å². The van der Waals surface area contributed by atoms with Crippen molar-refractivity contribution >= 4 is 12.6 Å². The fourth-order valence-electron chi connectivity index (χ4n) is 2.79. The predicted octanol–water partition coefficient (Wildman–Crippen LogP) is 1.64. The average Bonchev–Trinajstić information content (AvgIpc) is 2.58. The molecule has 2 fully saturated rings. The molecule has 86 valence electrons. The fraction of sp³-hybridized carbons (Fsp3) is 0.833. The Kier molecular flexibility index (Phi) is 4.12. The van der Waals surface area contributed by atoms with Gasteiger partial charge in [0, 0.05) is 24.9 Å². The van der Waals surface area contributed by atoms with Crippen molar-refractivity contribution in [1.82, 2.24) is 9.80 Å². The van der Waals surface area contributed by atoms with Gasteiger partial charge in [0.05, 0.1) is 0 Å². The monoisotopic (exact) mass is 226 g/mol. The summed E-state index contributed by atoms with van der Waals surface area (Å²) in [6.45, 7) is 10.2. The molecular weight excluding hydrogens is 204 g/mol. The standard InChI is InChI=1S/C12H22N2S/c1-11(10-15)8-13-5-3-7-14-6-2-4-12(14)9-13/h12,15H,1-10H2. The summed E-state index contributed by atoms with van der Waals surface area (Å²) in [6.07, 6.45) is 4.10. The van der Waals surface area contributed by atoms with Crippen molar-refractivity contribution in [1.29, 1.82) is 0 Å². The van der Waals surface area contributed by atoms with E-state index in [9.17, 15) is 0 Å². The van der Waals surface area contributed by atoms with Crippen molar-refractivity contribution in [3.05, 3.63) is 12.2 Å². The van der Waals surface area contributed by atoms with Gasteiger partial charge >= 0.3 is 0 Å². The van der Waals surface area contributed by atoms with Crippen LogP contribution in [0.5, 0.6) is 0 Å². The van der Waals surface area contributed by atoms with Gasteiger partial charge in [0.25, 0.3) is 0 Å². The Morgan fingerprint density at radius 3 is 2.87 bits per heavy atom. The summed E-state index contributed by atoms with van der Waals surface area (Å²) < 4.78 is 0. The van der Waals surface area contributed by atoms with Crippen LogP contribution in [-0.4, -0.2) is 54.3 Å². The second kappa shape index (κ2) is 5.37. The molecule has 2 aliphatic heterocycles. The van der Waals surface area contributed by atoms with Gasteiger partial charge in [-0.25, -0.2) is 0 Å². The molecule has 3 heteroatoms. The number of fused-ring (bicyclic) bond motifs is 1. The molecule has 0 aromatic heterocycles. The smallest absolute Gasteiger partial charge is 0.0223 e. The highest BCUT2D eigenvalue weighted by Gasteiger charge is 2.28. The summed E-state index contributed by atoms with van der Waals surface area (Å²) in [5.41, 5.74) is 1.25. The number of nitrogens with zero attached hydrogens (tertiary/aromatic N) is 2. The molecule has 0 saturated carbocycles. The minimum absolute atomic E-state index is 0.820. The van der Waals surface area contributed by atoms with Gasteiger partial charge in [-0.1, -0.05) is 12.2 Å². The summed E-state index contributed by atoms with van der Waals surface area (Å²) in [5, 5.41) is 0. The van der Waals surface area contributed by atoms with E-state index in [1.165, 1.54) is 51.0 Å². The Hall–Kier alpha value is 0.01000. The van der Waals surface area contributed by atoms with Crippen LogP contribution in [-0.2, 0) is 0 Å². The molecule has 0 aromatic carbocycles. The summed E-state index contributed by atoms with van der Waals surface area (Å²) in [4.78, 5) is 5.23. The summed E-state index contributed by atoms with van der Waals surface area (Å²) in [6, 6.07) is 0.820. The lowest BCUT2D eigenvalue weighted by atomic mass is 10.2. The third-order valence-corrected chi connectivity index (χ3v) is 4.01. The van der Waals surface area contributed by atoms with Crippen LogP contribution in [0.1, 0.15) is 19.3 Å². The highest BCUT2D eigenvalue weighted by Crippen LogP contribution is 2.21. The molecule has 2 heterocycles. The second-order valence-corrected chi connectivity index (χ2v) is 5.15. The average molecular weight is 226 g/mol. The van der Waals surface area contributed by atoms with Crippen molar-refractivity contribution in [2.45, 2.75) is 25.3 Å². The lowest BCUT2D eigenvalue weighted by Gasteiger charge is -2.25. The normalized spacial score (nSPS) is 28.7. The first-order valence-corrected chi connectivity index (χ1v) is 6.67. The van der Waals surface area contributed by atoms with Crippen molar-refractivity contribution < 1.29 is 0 Å². The van der Waals surface area contributed by atoms with E-state index < -0.39 is 0 Å². The Morgan fingerprint density at radius 2 is 2.07 bits per heavy atom. The first-order chi connectivity index (χ1) is 7.29. The van der Waals surface area contributed by atoms with E-state index in [0.717, 1.165) is 18.3 Å². The van der Waals surface area contributed by atoms with E-state index in [2.05, 4.69) is 29.0 Å². The molecule has 0 radical (unpaired) electrons. The summed E-state index contributed by atoms with van der Waals surface area (Å²) in [7, 11) is 0. The Labute approximate surface area is 98.7 Å². The van der Waals surface area contributed by atoms with E-state index in [-0.39, 0.29) is 0 Å². The van der Waals surface area contributed by atoms with Gasteiger partial charge in [-0.05, 0) is 38.9 Å². The van der Waals surface area contributed by atoms with Gasteiger partial charge in [-0.3, -0.25) is 9.80 Å². The van der Waals surface area contributed by atoms with Crippen molar-refractivity contribution in [3.63, 3.8) is 0 Å². The third-order valence-electron chi connectivity index (χ3n) is 3.56. The number of hydrogen-bond donors (Lipinski definition) is 1. The number of thiol groups is 1. The molecule has 0 spiro atoms. The van der Waals surface area contributed by atoms with Gasteiger partial charge in [0.15, 0.2) is 0 Å². The van der Waals surface area contributed by atoms with E-state index in [4.69, 9.17) is 0 Å². The highest BCUT2D eigenvalue weighted by atomic mass is 32.1. The molecule has 1 unspecified atom stereocenters. The maximum atomic E-state index is 4.28. The molecule has 0 aromatic rings. The number of rotatable bonds is 3. The zero-order valence-electron chi connectivity index (χ0n) is 9.49. The maximum absolute atomic E-state index is 4.28. The Balaban J connectivity index is 1.88. The van der Waals surface area contributed by atoms with E-state index >= 15 is 0 Å². The molecule has 2 rings (SSSR count). The minimum atomic E-state index is 0.820. The summed E-state index contributed by atoms with van der Waals surface area (Å²) in [5.74, 6) is 0.824. The van der Waals surface area contributed by atoms with Crippen LogP contribution in [0, 0.1) is 0 Å². The third kappa shape index (κ3) is 2.99. The van der Waals surface area contributed by atoms with Crippen molar-refractivity contribution in [2.24, 2.45) is 0 Å². The highest BCUT2D eigenvalue weighted by molar-refractivity contribution is 7.80. The first-order valence-electron chi connectivity index (χ1n) is 6.03. The van der Waals surface area contributed by atoms with E-state index in [1.807, 2.05) is 0 Å². The summed E-state index contributed by atoms with van der Waals surface area (Å²) >= 11 is 4.28. The lowest BCUT2D eigenvalue weighted by molar-refractivity contribution is 0.229. The molecule has 15 heavy (non-hydrogen) atoms. The molecule has 0 amide bonds. The Morgan fingerprint density at radius 1 is 1.27 bits per heavy atom. The Bertz CT molecular complexity index is 230. The zero-order valence-corrected chi connectivity index (χ0v) is 10.4. The van der Waals surface area contributed by atoms with Crippen LogP contribution in [0.4, 0.5) is 0 Å². The fourth-order valence-corrected chi connectivity index (χ4v) is 2.89. The molecule has 2 aliphatic rings. The van der Waals surface area contributed by atoms with Crippen molar-refractivity contribution in [2.75, 3.05) is 38.5 Å². The quantitative estimate of drug-likeness (QED) is 0.577. The van der Waals surface area contributed by atoms with Gasteiger partial charge in [0.2, 0.25) is 0 Å². The van der Waals surface area contributed by atoms with Crippen LogP contribution in [0.3, 0.4) is 0 Å². The first kappa shape index (κ1) is 11.5. The largest absolute Gasteiger partial charge is 0.299 e. The molecule has 0 N–H and O–H groups in total. The van der Waals surface area contributed by atoms with Gasteiger partial charge in [-0.15, -0.1) is 0 Å². The zero-order chi connectivity index (χ0) is 10.7. The molecule has 0 bridgehead atoms. The van der Waals surface area contributed by atoms with Crippen LogP contribution < -0.4 is 0 Å². The second-order valence-electron chi connectivity index (χ2n) is 4.83. The molecule has 2 saturated heterocycles. The van der Waals surface area contributed by atoms with Crippen molar-refractivity contribution in [3.8, 4) is 0 Å². The van der Waals surface area contributed by atoms with Crippen LogP contribution >= 0.6 is 12.6 Å². The molecule has 1 atom stereocenters. The van der Waals surface area contributed by atoms with Gasteiger partial charge in [0.1, 0.15) is 0 Å². The molecule has 2 nitrogen and oxygen atoms in total. The molecule has 0 aliphatic carbocycles. The number of hydrogen-bond acceptors (Lipinski definition) is 3.